The Balaban J connectivity index is 2.41. The van der Waals surface area contributed by atoms with Crippen LogP contribution in [0.15, 0.2) is 36.5 Å². The Bertz CT molecular complexity index is 617. The standard InChI is InChI=1S/C13H7NO2/c15-7-8-5-6-14-12-9-3-1-2-4-10(9)13(16)11(8)12/h1-7H. The first-order valence-corrected chi connectivity index (χ1v) is 4.91. The van der Waals surface area contributed by atoms with Crippen molar-refractivity contribution >= 4 is 12.1 Å². The third-order valence-corrected chi connectivity index (χ3v) is 2.76. The monoisotopic (exact) mass is 209 g/mol. The topological polar surface area (TPSA) is 47.0 Å². The van der Waals surface area contributed by atoms with Gasteiger partial charge in [0.1, 0.15) is 0 Å². The van der Waals surface area contributed by atoms with Crippen molar-refractivity contribution in [1.82, 2.24) is 4.98 Å². The van der Waals surface area contributed by atoms with Gasteiger partial charge in [-0.15, -0.1) is 0 Å². The highest BCUT2D eigenvalue weighted by Gasteiger charge is 2.29. The molecule has 0 aliphatic heterocycles. The van der Waals surface area contributed by atoms with Gasteiger partial charge in [0.15, 0.2) is 12.1 Å². The molecule has 0 saturated carbocycles. The molecule has 1 aliphatic carbocycles. The van der Waals surface area contributed by atoms with Crippen molar-refractivity contribution in [3.8, 4) is 11.3 Å². The van der Waals surface area contributed by atoms with E-state index in [4.69, 9.17) is 0 Å². The van der Waals surface area contributed by atoms with E-state index in [0.717, 1.165) is 5.56 Å². The minimum Gasteiger partial charge on any atom is -0.298 e. The highest BCUT2D eigenvalue weighted by Crippen LogP contribution is 2.35. The minimum absolute atomic E-state index is 0.110. The summed E-state index contributed by atoms with van der Waals surface area (Å²) < 4.78 is 0. The highest BCUT2D eigenvalue weighted by atomic mass is 16.1. The smallest absolute Gasteiger partial charge is 0.196 e. The third kappa shape index (κ3) is 0.997. The Hall–Kier alpha value is -2.29. The van der Waals surface area contributed by atoms with E-state index in [1.54, 1.807) is 18.3 Å². The fourth-order valence-corrected chi connectivity index (χ4v) is 2.04. The molecule has 1 heterocycles. The summed E-state index contributed by atoms with van der Waals surface area (Å²) in [6.07, 6.45) is 2.25. The van der Waals surface area contributed by atoms with E-state index in [2.05, 4.69) is 4.98 Å². The van der Waals surface area contributed by atoms with Crippen molar-refractivity contribution in [3.05, 3.63) is 53.2 Å². The minimum atomic E-state index is -0.110. The summed E-state index contributed by atoms with van der Waals surface area (Å²) in [4.78, 5) is 27.1. The number of hydrogen-bond acceptors (Lipinski definition) is 3. The van der Waals surface area contributed by atoms with Gasteiger partial charge in [-0.1, -0.05) is 24.3 Å². The van der Waals surface area contributed by atoms with Crippen molar-refractivity contribution < 1.29 is 9.59 Å². The number of ketones is 1. The van der Waals surface area contributed by atoms with Crippen LogP contribution in [-0.4, -0.2) is 17.1 Å². The van der Waals surface area contributed by atoms with Gasteiger partial charge in [-0.2, -0.15) is 0 Å². The number of carbonyl (C=O) groups is 2. The Kier molecular flexibility index (Phi) is 1.74. The lowest BCUT2D eigenvalue weighted by Crippen LogP contribution is -2.00. The van der Waals surface area contributed by atoms with Crippen LogP contribution in [0.25, 0.3) is 11.3 Å². The molecule has 0 unspecified atom stereocenters. The van der Waals surface area contributed by atoms with Crippen LogP contribution in [0, 0.1) is 0 Å². The van der Waals surface area contributed by atoms with E-state index >= 15 is 0 Å². The molecule has 2 aromatic rings. The van der Waals surface area contributed by atoms with Gasteiger partial charge in [0.05, 0.1) is 11.3 Å². The molecule has 0 fully saturated rings. The molecule has 3 nitrogen and oxygen atoms in total. The van der Waals surface area contributed by atoms with Gasteiger partial charge in [0, 0.05) is 22.9 Å². The molecule has 1 aromatic carbocycles. The van der Waals surface area contributed by atoms with E-state index in [0.29, 0.717) is 28.7 Å². The van der Waals surface area contributed by atoms with Gasteiger partial charge in [0.2, 0.25) is 0 Å². The summed E-state index contributed by atoms with van der Waals surface area (Å²) in [6, 6.07) is 8.84. The van der Waals surface area contributed by atoms with E-state index in [1.165, 1.54) is 0 Å². The number of carbonyl (C=O) groups excluding carboxylic acids is 2. The molecule has 16 heavy (non-hydrogen) atoms. The Morgan fingerprint density at radius 2 is 1.81 bits per heavy atom. The van der Waals surface area contributed by atoms with Gasteiger partial charge in [-0.05, 0) is 6.07 Å². The number of aromatic nitrogens is 1. The number of rotatable bonds is 1. The number of nitrogens with zero attached hydrogens (tertiary/aromatic N) is 1. The molecule has 1 aliphatic rings. The number of aldehydes is 1. The zero-order valence-electron chi connectivity index (χ0n) is 8.31. The summed E-state index contributed by atoms with van der Waals surface area (Å²) >= 11 is 0. The quantitative estimate of drug-likeness (QED) is 0.576. The molecule has 0 N–H and O–H groups in total. The van der Waals surface area contributed by atoms with E-state index in [9.17, 15) is 9.59 Å². The van der Waals surface area contributed by atoms with Crippen LogP contribution < -0.4 is 0 Å². The average Bonchev–Trinajstić information content (AvgIpc) is 2.64. The molecule has 0 bridgehead atoms. The second-order valence-electron chi connectivity index (χ2n) is 3.62. The summed E-state index contributed by atoms with van der Waals surface area (Å²) in [5.41, 5.74) is 2.89. The fourth-order valence-electron chi connectivity index (χ4n) is 2.04. The summed E-state index contributed by atoms with van der Waals surface area (Å²) in [5, 5.41) is 0. The zero-order chi connectivity index (χ0) is 11.1. The van der Waals surface area contributed by atoms with Crippen LogP contribution in [0.4, 0.5) is 0 Å². The zero-order valence-corrected chi connectivity index (χ0v) is 8.31. The van der Waals surface area contributed by atoms with E-state index < -0.39 is 0 Å². The summed E-state index contributed by atoms with van der Waals surface area (Å²) in [7, 11) is 0. The molecular weight excluding hydrogens is 202 g/mol. The molecule has 76 valence electrons. The van der Waals surface area contributed by atoms with Gasteiger partial charge >= 0.3 is 0 Å². The van der Waals surface area contributed by atoms with Crippen molar-refractivity contribution in [2.24, 2.45) is 0 Å². The van der Waals surface area contributed by atoms with Gasteiger partial charge in [0.25, 0.3) is 0 Å². The first-order chi connectivity index (χ1) is 7.83. The van der Waals surface area contributed by atoms with Crippen LogP contribution in [-0.2, 0) is 0 Å². The second-order valence-corrected chi connectivity index (χ2v) is 3.62. The van der Waals surface area contributed by atoms with Crippen LogP contribution in [0.3, 0.4) is 0 Å². The highest BCUT2D eigenvalue weighted by molar-refractivity contribution is 6.23. The molecule has 3 rings (SSSR count). The summed E-state index contributed by atoms with van der Waals surface area (Å²) in [6.45, 7) is 0. The van der Waals surface area contributed by atoms with Crippen LogP contribution in [0.1, 0.15) is 26.3 Å². The lowest BCUT2D eigenvalue weighted by atomic mass is 10.1. The third-order valence-electron chi connectivity index (χ3n) is 2.76. The van der Waals surface area contributed by atoms with Gasteiger partial charge < -0.3 is 0 Å². The number of pyridine rings is 1. The molecule has 0 atom stereocenters. The second kappa shape index (κ2) is 3.10. The normalized spacial score (nSPS) is 12.1. The largest absolute Gasteiger partial charge is 0.298 e. The Labute approximate surface area is 91.8 Å². The molecule has 1 aromatic heterocycles. The Morgan fingerprint density at radius 1 is 1.06 bits per heavy atom. The predicted molar refractivity (Wildman–Crippen MR) is 58.5 cm³/mol. The lowest BCUT2D eigenvalue weighted by molar-refractivity contribution is 0.103. The average molecular weight is 209 g/mol. The SMILES string of the molecule is O=Cc1ccnc2c1C(=O)c1ccccc1-2. The number of fused-ring (bicyclic) bond motifs is 3. The van der Waals surface area contributed by atoms with Gasteiger partial charge in [-0.3, -0.25) is 14.6 Å². The fraction of sp³-hybridized carbons (Fsp3) is 0. The predicted octanol–water partition coefficient (Wildman–Crippen LogP) is 2.11. The van der Waals surface area contributed by atoms with E-state index in [-0.39, 0.29) is 5.78 Å². The maximum Gasteiger partial charge on any atom is 0.196 e. The van der Waals surface area contributed by atoms with Crippen LogP contribution in [0.5, 0.6) is 0 Å². The van der Waals surface area contributed by atoms with Crippen LogP contribution >= 0.6 is 0 Å². The molecule has 0 radical (unpaired) electrons. The van der Waals surface area contributed by atoms with Crippen molar-refractivity contribution in [2.45, 2.75) is 0 Å². The molecule has 0 amide bonds. The maximum atomic E-state index is 12.1. The van der Waals surface area contributed by atoms with Crippen molar-refractivity contribution in [2.75, 3.05) is 0 Å². The Morgan fingerprint density at radius 3 is 2.56 bits per heavy atom. The van der Waals surface area contributed by atoms with Crippen molar-refractivity contribution in [1.29, 1.82) is 0 Å². The molecule has 3 heteroatoms. The van der Waals surface area contributed by atoms with Crippen LogP contribution in [0.2, 0.25) is 0 Å². The van der Waals surface area contributed by atoms with Crippen molar-refractivity contribution in [3.63, 3.8) is 0 Å². The number of hydrogen-bond donors (Lipinski definition) is 0. The summed E-state index contributed by atoms with van der Waals surface area (Å²) in [5.74, 6) is -0.110. The van der Waals surface area contributed by atoms with Gasteiger partial charge in [-0.25, -0.2) is 0 Å². The first-order valence-electron chi connectivity index (χ1n) is 4.91. The lowest BCUT2D eigenvalue weighted by Gasteiger charge is -1.99. The first kappa shape index (κ1) is 8.97. The molecular formula is C13H7NO2. The number of benzene rings is 1. The molecule has 0 saturated heterocycles. The maximum absolute atomic E-state index is 12.1. The van der Waals surface area contributed by atoms with E-state index in [1.807, 2.05) is 18.2 Å². The molecule has 0 spiro atoms.